The van der Waals surface area contributed by atoms with Crippen molar-refractivity contribution < 1.29 is 9.47 Å². The minimum Gasteiger partial charge on any atom is -0.370 e. The summed E-state index contributed by atoms with van der Waals surface area (Å²) in [6, 6.07) is 0. The van der Waals surface area contributed by atoms with E-state index in [0.29, 0.717) is 5.92 Å². The van der Waals surface area contributed by atoms with Crippen molar-refractivity contribution >= 4 is 0 Å². The van der Waals surface area contributed by atoms with Gasteiger partial charge in [-0.2, -0.15) is 0 Å². The topological polar surface area (TPSA) is 18.5 Å². The Morgan fingerprint density at radius 2 is 1.37 bits per heavy atom. The average molecular weight is 270 g/mol. The Balaban J connectivity index is 2.94. The summed E-state index contributed by atoms with van der Waals surface area (Å²) in [5, 5.41) is 0. The van der Waals surface area contributed by atoms with Gasteiger partial charge >= 0.3 is 0 Å². The first-order valence-corrected chi connectivity index (χ1v) is 7.66. The highest BCUT2D eigenvalue weighted by atomic mass is 16.6. The summed E-state index contributed by atoms with van der Waals surface area (Å²) in [5.41, 5.74) is -0.0693. The smallest absolute Gasteiger partial charge is 0.0894 e. The lowest BCUT2D eigenvalue weighted by molar-refractivity contribution is -0.217. The fourth-order valence-corrected chi connectivity index (χ4v) is 3.30. The van der Waals surface area contributed by atoms with Gasteiger partial charge in [-0.15, -0.1) is 0 Å². The Morgan fingerprint density at radius 3 is 1.79 bits per heavy atom. The minimum atomic E-state index is -0.123. The number of ether oxygens (including phenoxy) is 2. The van der Waals surface area contributed by atoms with Crippen LogP contribution in [0.4, 0.5) is 0 Å². The maximum Gasteiger partial charge on any atom is 0.0894 e. The molecule has 2 heteroatoms. The summed E-state index contributed by atoms with van der Waals surface area (Å²) in [6.45, 7) is 19.8. The van der Waals surface area contributed by atoms with Gasteiger partial charge < -0.3 is 9.47 Å². The van der Waals surface area contributed by atoms with Gasteiger partial charge in [0, 0.05) is 0 Å². The van der Waals surface area contributed by atoms with Gasteiger partial charge in [0.05, 0.1) is 23.4 Å². The van der Waals surface area contributed by atoms with E-state index in [1.165, 1.54) is 6.42 Å². The molecule has 0 aromatic rings. The predicted molar refractivity (Wildman–Crippen MR) is 81.4 cm³/mol. The van der Waals surface area contributed by atoms with Gasteiger partial charge in [0.25, 0.3) is 0 Å². The summed E-state index contributed by atoms with van der Waals surface area (Å²) in [7, 11) is 0. The number of hydrogen-bond donors (Lipinski definition) is 0. The summed E-state index contributed by atoms with van der Waals surface area (Å²) in [6.07, 6.45) is 2.67. The maximum absolute atomic E-state index is 6.38. The zero-order valence-corrected chi connectivity index (χ0v) is 14.5. The van der Waals surface area contributed by atoms with E-state index in [4.69, 9.17) is 9.47 Å². The average Bonchev–Trinajstić information content (AvgIpc) is 2.05. The van der Waals surface area contributed by atoms with Crippen molar-refractivity contribution in [1.29, 1.82) is 0 Å². The molecule has 0 bridgehead atoms. The van der Waals surface area contributed by atoms with Crippen LogP contribution in [0.3, 0.4) is 0 Å². The predicted octanol–water partition coefficient (Wildman–Crippen LogP) is 4.81. The van der Waals surface area contributed by atoms with Crippen molar-refractivity contribution in [2.75, 3.05) is 0 Å². The van der Waals surface area contributed by atoms with Gasteiger partial charge in [0.1, 0.15) is 0 Å². The molecule has 0 radical (unpaired) electrons. The summed E-state index contributed by atoms with van der Waals surface area (Å²) in [4.78, 5) is 0. The second-order valence-corrected chi connectivity index (χ2v) is 8.95. The first-order valence-electron chi connectivity index (χ1n) is 7.66. The number of rotatable bonds is 2. The molecule has 3 unspecified atom stereocenters. The van der Waals surface area contributed by atoms with Gasteiger partial charge in [-0.3, -0.25) is 0 Å². The molecule has 0 saturated heterocycles. The van der Waals surface area contributed by atoms with Gasteiger partial charge in [0.2, 0.25) is 0 Å². The van der Waals surface area contributed by atoms with Crippen LogP contribution in [-0.2, 0) is 9.47 Å². The van der Waals surface area contributed by atoms with Crippen LogP contribution in [-0.4, -0.2) is 23.4 Å². The third kappa shape index (κ3) is 5.43. The van der Waals surface area contributed by atoms with Crippen molar-refractivity contribution in [3.8, 4) is 0 Å². The molecule has 0 N–H and O–H groups in total. The first kappa shape index (κ1) is 17.0. The molecule has 0 aliphatic heterocycles. The van der Waals surface area contributed by atoms with E-state index in [-0.39, 0.29) is 28.8 Å². The Labute approximate surface area is 120 Å². The molecule has 1 saturated carbocycles. The molecule has 0 aromatic heterocycles. The molecule has 1 rings (SSSR count). The Kier molecular flexibility index (Phi) is 4.79. The van der Waals surface area contributed by atoms with Crippen LogP contribution >= 0.6 is 0 Å². The van der Waals surface area contributed by atoms with Crippen molar-refractivity contribution in [2.45, 2.75) is 98.6 Å². The summed E-state index contributed by atoms with van der Waals surface area (Å²) in [5.74, 6) is 0.696. The van der Waals surface area contributed by atoms with Crippen LogP contribution in [0, 0.1) is 11.3 Å². The Bertz CT molecular complexity index is 293. The van der Waals surface area contributed by atoms with E-state index >= 15 is 0 Å². The Hall–Kier alpha value is -0.0800. The monoisotopic (exact) mass is 270 g/mol. The van der Waals surface area contributed by atoms with Gasteiger partial charge in [0.15, 0.2) is 0 Å². The molecule has 0 heterocycles. The zero-order valence-electron chi connectivity index (χ0n) is 14.5. The van der Waals surface area contributed by atoms with E-state index in [1.807, 2.05) is 0 Å². The molecule has 19 heavy (non-hydrogen) atoms. The van der Waals surface area contributed by atoms with Crippen molar-refractivity contribution in [3.05, 3.63) is 0 Å². The summed E-state index contributed by atoms with van der Waals surface area (Å²) >= 11 is 0. The van der Waals surface area contributed by atoms with Crippen LogP contribution in [0.25, 0.3) is 0 Å². The molecule has 0 spiro atoms. The highest BCUT2D eigenvalue weighted by molar-refractivity contribution is 4.94. The molecule has 114 valence electrons. The lowest BCUT2D eigenvalue weighted by atomic mass is 9.69. The van der Waals surface area contributed by atoms with E-state index in [1.54, 1.807) is 0 Å². The molecule has 0 amide bonds. The normalized spacial score (nSPS) is 32.4. The van der Waals surface area contributed by atoms with E-state index < -0.39 is 0 Å². The lowest BCUT2D eigenvalue weighted by Crippen LogP contribution is -2.53. The van der Waals surface area contributed by atoms with Crippen LogP contribution < -0.4 is 0 Å². The zero-order chi connectivity index (χ0) is 15.1. The second-order valence-electron chi connectivity index (χ2n) is 8.95. The van der Waals surface area contributed by atoms with Crippen molar-refractivity contribution in [3.63, 3.8) is 0 Å². The molecular formula is C17H34O2. The van der Waals surface area contributed by atoms with Crippen LogP contribution in [0.1, 0.15) is 75.2 Å². The fraction of sp³-hybridized carbons (Fsp3) is 1.00. The highest BCUT2D eigenvalue weighted by Gasteiger charge is 2.45. The Morgan fingerprint density at radius 1 is 0.895 bits per heavy atom. The third-order valence-corrected chi connectivity index (χ3v) is 3.60. The van der Waals surface area contributed by atoms with Gasteiger partial charge in [-0.1, -0.05) is 20.8 Å². The molecule has 1 fully saturated rings. The van der Waals surface area contributed by atoms with E-state index in [2.05, 4.69) is 62.3 Å². The van der Waals surface area contributed by atoms with Crippen molar-refractivity contribution in [1.82, 2.24) is 0 Å². The van der Waals surface area contributed by atoms with Gasteiger partial charge in [-0.05, 0) is 65.7 Å². The lowest BCUT2D eigenvalue weighted by Gasteiger charge is -2.49. The highest BCUT2D eigenvalue weighted by Crippen LogP contribution is 2.44. The van der Waals surface area contributed by atoms with E-state index in [9.17, 15) is 0 Å². The second kappa shape index (κ2) is 5.37. The third-order valence-electron chi connectivity index (χ3n) is 3.60. The molecule has 2 nitrogen and oxygen atoms in total. The standard InChI is InChI=1S/C17H34O2/c1-12-10-13(18-15(2,3)4)14(17(8,9)11-12)19-16(5,6)7/h12-14H,10-11H2,1-9H3. The number of hydrogen-bond acceptors (Lipinski definition) is 2. The van der Waals surface area contributed by atoms with Crippen molar-refractivity contribution in [2.24, 2.45) is 11.3 Å². The fourth-order valence-electron chi connectivity index (χ4n) is 3.30. The maximum atomic E-state index is 6.38. The molecule has 1 aliphatic rings. The van der Waals surface area contributed by atoms with Crippen LogP contribution in [0.2, 0.25) is 0 Å². The minimum absolute atomic E-state index is 0.114. The van der Waals surface area contributed by atoms with Gasteiger partial charge in [-0.25, -0.2) is 0 Å². The van der Waals surface area contributed by atoms with Crippen LogP contribution in [0.5, 0.6) is 0 Å². The first-order chi connectivity index (χ1) is 8.30. The largest absolute Gasteiger partial charge is 0.370 e. The quantitative estimate of drug-likeness (QED) is 0.717. The molecule has 3 atom stereocenters. The SMILES string of the molecule is CC1CC(OC(C)(C)C)C(OC(C)(C)C)C(C)(C)C1. The molecule has 0 aromatic carbocycles. The molecular weight excluding hydrogens is 236 g/mol. The van der Waals surface area contributed by atoms with E-state index in [0.717, 1.165) is 6.42 Å². The van der Waals surface area contributed by atoms with Crippen LogP contribution in [0.15, 0.2) is 0 Å². The molecule has 1 aliphatic carbocycles. The summed E-state index contributed by atoms with van der Waals surface area (Å²) < 4.78 is 12.7.